The third-order valence-corrected chi connectivity index (χ3v) is 3.40. The molecule has 6 heteroatoms. The minimum Gasteiger partial charge on any atom is -0.497 e. The van der Waals surface area contributed by atoms with Gasteiger partial charge in [-0.1, -0.05) is 6.07 Å². The second kappa shape index (κ2) is 6.16. The van der Waals surface area contributed by atoms with Crippen molar-refractivity contribution in [2.24, 2.45) is 11.7 Å². The lowest BCUT2D eigenvalue weighted by Crippen LogP contribution is -2.32. The second-order valence-electron chi connectivity index (χ2n) is 3.46. The molecule has 1 unspecified atom stereocenters. The summed E-state index contributed by atoms with van der Waals surface area (Å²) in [7, 11) is 1.52. The Bertz CT molecular complexity index is 357. The van der Waals surface area contributed by atoms with E-state index in [0.29, 0.717) is 5.75 Å². The molecule has 0 saturated heterocycles. The van der Waals surface area contributed by atoms with E-state index in [4.69, 9.17) is 10.5 Å². The molecular formula is C11H14F3NOS. The van der Waals surface area contributed by atoms with E-state index in [-0.39, 0.29) is 12.3 Å². The summed E-state index contributed by atoms with van der Waals surface area (Å²) in [6.45, 7) is -0.388. The van der Waals surface area contributed by atoms with E-state index in [2.05, 4.69) is 0 Å². The molecule has 0 fully saturated rings. The van der Waals surface area contributed by atoms with Gasteiger partial charge in [0.15, 0.2) is 0 Å². The highest BCUT2D eigenvalue weighted by Crippen LogP contribution is 2.31. The van der Waals surface area contributed by atoms with Crippen LogP contribution in [0.5, 0.6) is 5.75 Å². The molecule has 17 heavy (non-hydrogen) atoms. The van der Waals surface area contributed by atoms with Crippen LogP contribution in [0.2, 0.25) is 0 Å². The molecule has 0 amide bonds. The number of methoxy groups -OCH3 is 1. The molecular weight excluding hydrogens is 251 g/mol. The molecule has 1 rings (SSSR count). The molecule has 1 atom stereocenters. The Morgan fingerprint density at radius 3 is 2.65 bits per heavy atom. The molecule has 1 aromatic carbocycles. The van der Waals surface area contributed by atoms with Crippen molar-refractivity contribution in [3.63, 3.8) is 0 Å². The highest BCUT2D eigenvalue weighted by Gasteiger charge is 2.38. The van der Waals surface area contributed by atoms with E-state index in [1.54, 1.807) is 24.3 Å². The Kier molecular flexibility index (Phi) is 5.14. The zero-order valence-electron chi connectivity index (χ0n) is 9.33. The summed E-state index contributed by atoms with van der Waals surface area (Å²) >= 11 is 1.13. The van der Waals surface area contributed by atoms with Gasteiger partial charge in [0, 0.05) is 17.2 Å². The molecule has 96 valence electrons. The maximum Gasteiger partial charge on any atom is 0.393 e. The number of alkyl halides is 3. The first-order valence-corrected chi connectivity index (χ1v) is 5.99. The van der Waals surface area contributed by atoms with Crippen molar-refractivity contribution in [3.05, 3.63) is 24.3 Å². The van der Waals surface area contributed by atoms with Gasteiger partial charge in [-0.25, -0.2) is 0 Å². The molecule has 1 aromatic rings. The predicted octanol–water partition coefficient (Wildman–Crippen LogP) is 2.92. The van der Waals surface area contributed by atoms with Crippen LogP contribution in [0.1, 0.15) is 0 Å². The number of nitrogens with two attached hydrogens (primary N) is 1. The molecule has 2 nitrogen and oxygen atoms in total. The lowest BCUT2D eigenvalue weighted by Gasteiger charge is -2.17. The molecule has 0 aromatic heterocycles. The highest BCUT2D eigenvalue weighted by atomic mass is 32.2. The van der Waals surface area contributed by atoms with Gasteiger partial charge in [-0.15, -0.1) is 11.8 Å². The minimum atomic E-state index is -4.24. The topological polar surface area (TPSA) is 35.2 Å². The van der Waals surface area contributed by atoms with Gasteiger partial charge in [-0.3, -0.25) is 0 Å². The molecule has 0 radical (unpaired) electrons. The number of ether oxygens (including phenoxy) is 1. The van der Waals surface area contributed by atoms with Crippen molar-refractivity contribution in [2.75, 3.05) is 19.4 Å². The van der Waals surface area contributed by atoms with Crippen LogP contribution in [-0.2, 0) is 0 Å². The summed E-state index contributed by atoms with van der Waals surface area (Å²) < 4.78 is 42.3. The summed E-state index contributed by atoms with van der Waals surface area (Å²) in [6, 6.07) is 6.94. The van der Waals surface area contributed by atoms with Crippen LogP contribution < -0.4 is 10.5 Å². The number of benzene rings is 1. The van der Waals surface area contributed by atoms with Crippen LogP contribution in [0, 0.1) is 5.92 Å². The van der Waals surface area contributed by atoms with E-state index >= 15 is 0 Å². The summed E-state index contributed by atoms with van der Waals surface area (Å²) in [4.78, 5) is 0.743. The number of hydrogen-bond donors (Lipinski definition) is 1. The molecule has 0 spiro atoms. The van der Waals surface area contributed by atoms with Gasteiger partial charge in [0.05, 0.1) is 13.0 Å². The molecule has 0 aliphatic heterocycles. The monoisotopic (exact) mass is 265 g/mol. The Morgan fingerprint density at radius 1 is 1.41 bits per heavy atom. The van der Waals surface area contributed by atoms with Gasteiger partial charge < -0.3 is 10.5 Å². The minimum absolute atomic E-state index is 0.0762. The van der Waals surface area contributed by atoms with Crippen molar-refractivity contribution in [1.29, 1.82) is 0 Å². The molecule has 0 bridgehead atoms. The Hall–Kier alpha value is -0.880. The smallest absolute Gasteiger partial charge is 0.393 e. The van der Waals surface area contributed by atoms with Crippen molar-refractivity contribution >= 4 is 11.8 Å². The first-order valence-electron chi connectivity index (χ1n) is 5.01. The molecule has 0 saturated carbocycles. The molecule has 0 heterocycles. The Morgan fingerprint density at radius 2 is 2.12 bits per heavy atom. The van der Waals surface area contributed by atoms with E-state index < -0.39 is 12.1 Å². The normalized spacial score (nSPS) is 13.5. The van der Waals surface area contributed by atoms with Crippen LogP contribution in [0.3, 0.4) is 0 Å². The van der Waals surface area contributed by atoms with Gasteiger partial charge >= 0.3 is 6.18 Å². The zero-order chi connectivity index (χ0) is 12.9. The first-order chi connectivity index (χ1) is 7.97. The lowest BCUT2D eigenvalue weighted by atomic mass is 10.2. The summed E-state index contributed by atoms with van der Waals surface area (Å²) in [5, 5.41) is 0. The Balaban J connectivity index is 2.59. The third-order valence-electron chi connectivity index (χ3n) is 2.24. The largest absolute Gasteiger partial charge is 0.497 e. The maximum atomic E-state index is 12.5. The molecule has 2 N–H and O–H groups in total. The maximum absolute atomic E-state index is 12.5. The zero-order valence-corrected chi connectivity index (χ0v) is 10.1. The average molecular weight is 265 g/mol. The number of halogens is 3. The van der Waals surface area contributed by atoms with Crippen LogP contribution >= 0.6 is 11.8 Å². The van der Waals surface area contributed by atoms with Gasteiger partial charge in [0.1, 0.15) is 5.75 Å². The first kappa shape index (κ1) is 14.2. The lowest BCUT2D eigenvalue weighted by molar-refractivity contribution is -0.165. The fourth-order valence-electron chi connectivity index (χ4n) is 1.18. The average Bonchev–Trinajstić information content (AvgIpc) is 2.28. The van der Waals surface area contributed by atoms with Gasteiger partial charge in [-0.05, 0) is 18.2 Å². The van der Waals surface area contributed by atoms with Gasteiger partial charge in [0.25, 0.3) is 0 Å². The van der Waals surface area contributed by atoms with E-state index in [1.165, 1.54) is 7.11 Å². The quantitative estimate of drug-likeness (QED) is 0.831. The van der Waals surface area contributed by atoms with Crippen molar-refractivity contribution < 1.29 is 17.9 Å². The number of rotatable bonds is 5. The van der Waals surface area contributed by atoms with E-state index in [9.17, 15) is 13.2 Å². The molecule has 0 aliphatic rings. The predicted molar refractivity (Wildman–Crippen MR) is 62.3 cm³/mol. The number of thioether (sulfide) groups is 1. The fourth-order valence-corrected chi connectivity index (χ4v) is 2.28. The second-order valence-corrected chi connectivity index (χ2v) is 4.56. The van der Waals surface area contributed by atoms with Crippen LogP contribution in [-0.4, -0.2) is 25.6 Å². The van der Waals surface area contributed by atoms with E-state index in [0.717, 1.165) is 16.7 Å². The number of hydrogen-bond acceptors (Lipinski definition) is 3. The van der Waals surface area contributed by atoms with Crippen molar-refractivity contribution in [3.8, 4) is 5.75 Å². The van der Waals surface area contributed by atoms with Gasteiger partial charge in [-0.2, -0.15) is 13.2 Å². The summed E-state index contributed by atoms with van der Waals surface area (Å²) in [5.41, 5.74) is 5.12. The fraction of sp³-hybridized carbons (Fsp3) is 0.455. The molecule has 0 aliphatic carbocycles. The third kappa shape index (κ3) is 4.47. The van der Waals surface area contributed by atoms with Crippen LogP contribution in [0.4, 0.5) is 13.2 Å². The van der Waals surface area contributed by atoms with Crippen molar-refractivity contribution in [1.82, 2.24) is 0 Å². The van der Waals surface area contributed by atoms with E-state index in [1.807, 2.05) is 0 Å². The van der Waals surface area contributed by atoms with Crippen LogP contribution in [0.15, 0.2) is 29.2 Å². The standard InChI is InChI=1S/C11H14F3NOS/c1-16-9-3-2-4-10(5-9)17-7-8(6-15)11(12,13)14/h2-5,8H,6-7,15H2,1H3. The highest BCUT2D eigenvalue weighted by molar-refractivity contribution is 7.99. The van der Waals surface area contributed by atoms with Gasteiger partial charge in [0.2, 0.25) is 0 Å². The van der Waals surface area contributed by atoms with Crippen LogP contribution in [0.25, 0.3) is 0 Å². The summed E-state index contributed by atoms with van der Waals surface area (Å²) in [6.07, 6.45) is -4.24. The SMILES string of the molecule is COc1cccc(SCC(CN)C(F)(F)F)c1. The summed E-state index contributed by atoms with van der Waals surface area (Å²) in [5.74, 6) is -0.919. The Labute approximate surface area is 102 Å². The van der Waals surface area contributed by atoms with Crippen molar-refractivity contribution in [2.45, 2.75) is 11.1 Å².